The van der Waals surface area contributed by atoms with Crippen molar-refractivity contribution in [3.05, 3.63) is 64.7 Å². The monoisotopic (exact) mass is 285 g/mol. The fourth-order valence-electron chi connectivity index (χ4n) is 3.43. The molecule has 0 saturated carbocycles. The predicted molar refractivity (Wildman–Crippen MR) is 81.1 cm³/mol. The Hall–Kier alpha value is -1.51. The second-order valence-corrected chi connectivity index (χ2v) is 5.94. The molecule has 20 heavy (non-hydrogen) atoms. The summed E-state index contributed by atoms with van der Waals surface area (Å²) >= 11 is 6.14. The van der Waals surface area contributed by atoms with E-state index < -0.39 is 0 Å². The molecule has 0 unspecified atom stereocenters. The fourth-order valence-corrected chi connectivity index (χ4v) is 3.61. The molecule has 0 spiro atoms. The molecule has 0 bridgehead atoms. The lowest BCUT2D eigenvalue weighted by Crippen LogP contribution is -2.29. The van der Waals surface area contributed by atoms with Crippen molar-refractivity contribution in [2.24, 2.45) is 5.92 Å². The van der Waals surface area contributed by atoms with Crippen molar-refractivity contribution in [3.8, 4) is 0 Å². The molecule has 102 valence electrons. The van der Waals surface area contributed by atoms with Crippen molar-refractivity contribution in [1.29, 1.82) is 0 Å². The molecule has 1 saturated heterocycles. The molecule has 1 fully saturated rings. The summed E-state index contributed by atoms with van der Waals surface area (Å²) in [6.45, 7) is 0.826. The smallest absolute Gasteiger partial charge is 0.0897 e. The Balaban J connectivity index is 1.79. The summed E-state index contributed by atoms with van der Waals surface area (Å²) in [5, 5.41) is 4.45. The third kappa shape index (κ3) is 1.91. The molecule has 2 heterocycles. The molecule has 0 radical (unpaired) electrons. The molecule has 4 rings (SSSR count). The Morgan fingerprint density at radius 3 is 2.80 bits per heavy atom. The molecule has 0 amide bonds. The van der Waals surface area contributed by atoms with Crippen LogP contribution >= 0.6 is 11.6 Å². The van der Waals surface area contributed by atoms with E-state index in [1.165, 1.54) is 11.1 Å². The second-order valence-electron chi connectivity index (χ2n) is 5.51. The SMILES string of the molecule is Clc1ccc2c(c1)[C@@H]1OCC[C@H]1[C@@H](c1ccccc1)N2. The molecule has 2 aromatic rings. The van der Waals surface area contributed by atoms with Crippen molar-refractivity contribution < 1.29 is 4.74 Å². The molecule has 2 aromatic carbocycles. The maximum atomic E-state index is 6.14. The van der Waals surface area contributed by atoms with Crippen LogP contribution in [-0.4, -0.2) is 6.61 Å². The molecule has 2 aliphatic rings. The Morgan fingerprint density at radius 2 is 1.95 bits per heavy atom. The van der Waals surface area contributed by atoms with E-state index in [9.17, 15) is 0 Å². The van der Waals surface area contributed by atoms with E-state index in [4.69, 9.17) is 16.3 Å². The normalized spacial score (nSPS) is 27.6. The number of anilines is 1. The molecule has 2 nitrogen and oxygen atoms in total. The van der Waals surface area contributed by atoms with Crippen LogP contribution in [0.2, 0.25) is 5.02 Å². The summed E-state index contributed by atoms with van der Waals surface area (Å²) in [5.41, 5.74) is 3.67. The van der Waals surface area contributed by atoms with E-state index in [2.05, 4.69) is 41.7 Å². The molecular weight excluding hydrogens is 270 g/mol. The summed E-state index contributed by atoms with van der Waals surface area (Å²) in [7, 11) is 0. The van der Waals surface area contributed by atoms with Crippen molar-refractivity contribution in [1.82, 2.24) is 0 Å². The van der Waals surface area contributed by atoms with Gasteiger partial charge in [0.25, 0.3) is 0 Å². The van der Waals surface area contributed by atoms with Gasteiger partial charge < -0.3 is 10.1 Å². The van der Waals surface area contributed by atoms with Crippen LogP contribution in [0.1, 0.15) is 29.7 Å². The Morgan fingerprint density at radius 1 is 1.10 bits per heavy atom. The quantitative estimate of drug-likeness (QED) is 0.828. The summed E-state index contributed by atoms with van der Waals surface area (Å²) in [6.07, 6.45) is 1.25. The third-order valence-electron chi connectivity index (χ3n) is 4.36. The summed E-state index contributed by atoms with van der Waals surface area (Å²) < 4.78 is 5.99. The molecule has 0 aliphatic carbocycles. The van der Waals surface area contributed by atoms with Gasteiger partial charge in [0, 0.05) is 28.8 Å². The van der Waals surface area contributed by atoms with Crippen LogP contribution in [0.15, 0.2) is 48.5 Å². The first-order valence-electron chi connectivity index (χ1n) is 7.05. The zero-order chi connectivity index (χ0) is 13.5. The first-order chi connectivity index (χ1) is 9.83. The first-order valence-corrected chi connectivity index (χ1v) is 7.43. The highest BCUT2D eigenvalue weighted by Crippen LogP contribution is 2.50. The van der Waals surface area contributed by atoms with Crippen LogP contribution in [0, 0.1) is 5.92 Å². The zero-order valence-corrected chi connectivity index (χ0v) is 11.8. The fraction of sp³-hybridized carbons (Fsp3) is 0.294. The zero-order valence-electron chi connectivity index (χ0n) is 11.1. The van der Waals surface area contributed by atoms with Crippen LogP contribution in [0.3, 0.4) is 0 Å². The average molecular weight is 286 g/mol. The maximum Gasteiger partial charge on any atom is 0.0897 e. The Labute approximate surface area is 123 Å². The van der Waals surface area contributed by atoms with E-state index in [0.717, 1.165) is 23.7 Å². The van der Waals surface area contributed by atoms with Crippen molar-refractivity contribution >= 4 is 17.3 Å². The minimum Gasteiger partial charge on any atom is -0.378 e. The molecule has 3 heteroatoms. The van der Waals surface area contributed by atoms with E-state index in [0.29, 0.717) is 12.0 Å². The minimum atomic E-state index is 0.162. The molecule has 3 atom stereocenters. The van der Waals surface area contributed by atoms with Gasteiger partial charge in [-0.2, -0.15) is 0 Å². The summed E-state index contributed by atoms with van der Waals surface area (Å²) in [4.78, 5) is 0. The first kappa shape index (κ1) is 12.2. The molecule has 0 aromatic heterocycles. The molecular formula is C17H16ClNO. The van der Waals surface area contributed by atoms with Crippen LogP contribution in [0.4, 0.5) is 5.69 Å². The average Bonchev–Trinajstić information content (AvgIpc) is 2.97. The van der Waals surface area contributed by atoms with Crippen molar-refractivity contribution in [2.45, 2.75) is 18.6 Å². The Kier molecular flexibility index (Phi) is 2.94. The Bertz CT molecular complexity index is 628. The van der Waals surface area contributed by atoms with E-state index in [1.54, 1.807) is 0 Å². The van der Waals surface area contributed by atoms with E-state index in [-0.39, 0.29) is 6.10 Å². The lowest BCUT2D eigenvalue weighted by atomic mass is 9.81. The van der Waals surface area contributed by atoms with Gasteiger partial charge in [0.05, 0.1) is 12.1 Å². The summed E-state index contributed by atoms with van der Waals surface area (Å²) in [6, 6.07) is 17.0. The van der Waals surface area contributed by atoms with Gasteiger partial charge in [-0.3, -0.25) is 0 Å². The van der Waals surface area contributed by atoms with Crippen molar-refractivity contribution in [3.63, 3.8) is 0 Å². The second kappa shape index (κ2) is 4.80. The van der Waals surface area contributed by atoms with Gasteiger partial charge in [-0.05, 0) is 30.2 Å². The highest BCUT2D eigenvalue weighted by molar-refractivity contribution is 6.30. The highest BCUT2D eigenvalue weighted by Gasteiger charge is 2.41. The lowest BCUT2D eigenvalue weighted by Gasteiger charge is -2.36. The van der Waals surface area contributed by atoms with Crippen molar-refractivity contribution in [2.75, 3.05) is 11.9 Å². The minimum absolute atomic E-state index is 0.162. The summed E-state index contributed by atoms with van der Waals surface area (Å²) in [5.74, 6) is 0.475. The maximum absolute atomic E-state index is 6.14. The van der Waals surface area contributed by atoms with Crippen LogP contribution in [-0.2, 0) is 4.74 Å². The van der Waals surface area contributed by atoms with Gasteiger partial charge in [0.1, 0.15) is 0 Å². The number of ether oxygens (including phenoxy) is 1. The predicted octanol–water partition coefficient (Wildman–Crippen LogP) is 4.58. The number of benzene rings is 2. The molecule has 1 N–H and O–H groups in total. The van der Waals surface area contributed by atoms with Gasteiger partial charge in [-0.1, -0.05) is 41.9 Å². The van der Waals surface area contributed by atoms with E-state index >= 15 is 0 Å². The number of nitrogens with one attached hydrogen (secondary N) is 1. The standard InChI is InChI=1S/C17H16ClNO/c18-12-6-7-15-14(10-12)17-13(8-9-20-17)16(19-15)11-4-2-1-3-5-11/h1-7,10,13,16-17,19H,8-9H2/t13-,16+,17+/m0/s1. The number of hydrogen-bond acceptors (Lipinski definition) is 2. The van der Waals surface area contributed by atoms with Crippen LogP contribution in [0.5, 0.6) is 0 Å². The van der Waals surface area contributed by atoms with E-state index in [1.807, 2.05) is 12.1 Å². The largest absolute Gasteiger partial charge is 0.378 e. The number of rotatable bonds is 1. The van der Waals surface area contributed by atoms with Crippen LogP contribution in [0.25, 0.3) is 0 Å². The topological polar surface area (TPSA) is 21.3 Å². The number of halogens is 1. The lowest BCUT2D eigenvalue weighted by molar-refractivity contribution is 0.0829. The third-order valence-corrected chi connectivity index (χ3v) is 4.59. The van der Waals surface area contributed by atoms with Gasteiger partial charge in [-0.25, -0.2) is 0 Å². The van der Waals surface area contributed by atoms with Gasteiger partial charge in [0.2, 0.25) is 0 Å². The highest BCUT2D eigenvalue weighted by atomic mass is 35.5. The molecule has 2 aliphatic heterocycles. The number of fused-ring (bicyclic) bond motifs is 3. The van der Waals surface area contributed by atoms with Crippen LogP contribution < -0.4 is 5.32 Å². The van der Waals surface area contributed by atoms with Gasteiger partial charge in [-0.15, -0.1) is 0 Å². The van der Waals surface area contributed by atoms with Gasteiger partial charge >= 0.3 is 0 Å². The number of hydrogen-bond donors (Lipinski definition) is 1. The van der Waals surface area contributed by atoms with Gasteiger partial charge in [0.15, 0.2) is 0 Å².